The number of rotatable bonds is 8. The van der Waals surface area contributed by atoms with Gasteiger partial charge in [0.15, 0.2) is 25.8 Å². The summed E-state index contributed by atoms with van der Waals surface area (Å²) in [7, 11) is -2.38. The van der Waals surface area contributed by atoms with Crippen LogP contribution in [0.2, 0.25) is 40.9 Å². The summed E-state index contributed by atoms with van der Waals surface area (Å²) in [5.41, 5.74) is 11.8. The number of fused-ring (bicyclic) bond motifs is 8. The third-order valence-electron chi connectivity index (χ3n) is 22.5. The van der Waals surface area contributed by atoms with Gasteiger partial charge < -0.3 is 28.7 Å². The van der Waals surface area contributed by atoms with E-state index in [1.54, 1.807) is 12.1 Å². The van der Waals surface area contributed by atoms with Gasteiger partial charge in [-0.05, 0) is 217 Å². The average Bonchev–Trinajstić information content (AvgIpc) is 1.56. The monoisotopic (exact) mass is 1530 g/mol. The number of halogens is 1. The second-order valence-corrected chi connectivity index (χ2v) is 32.5. The Labute approximate surface area is 671 Å². The highest BCUT2D eigenvalue weighted by atomic mass is 79.9. The van der Waals surface area contributed by atoms with Crippen LogP contribution in [0.1, 0.15) is 73.9 Å². The molecule has 0 aliphatic carbocycles. The highest BCUT2D eigenvalue weighted by molar-refractivity contribution is 9.10. The molecule has 0 saturated carbocycles. The van der Waals surface area contributed by atoms with E-state index in [4.69, 9.17) is 30.5 Å². The molecule has 0 spiro atoms. The molecule has 16 heteroatoms. The van der Waals surface area contributed by atoms with Gasteiger partial charge in [-0.2, -0.15) is 10.5 Å². The molecule has 552 valence electrons. The number of nitriles is 2. The van der Waals surface area contributed by atoms with Gasteiger partial charge in [-0.1, -0.05) is 311 Å². The van der Waals surface area contributed by atoms with Crippen molar-refractivity contribution in [1.82, 2.24) is 0 Å². The van der Waals surface area contributed by atoms with E-state index >= 15 is 0 Å². The number of benzene rings is 15. The number of nitrogens with zero attached hydrogens (tertiary/aromatic N) is 3. The van der Waals surface area contributed by atoms with E-state index < -0.39 is 43.8 Å². The van der Waals surface area contributed by atoms with Crippen LogP contribution in [0.25, 0.3) is 113 Å². The van der Waals surface area contributed by atoms with Crippen molar-refractivity contribution >= 4 is 182 Å². The Morgan fingerprint density at radius 2 is 0.545 bits per heavy atom. The van der Waals surface area contributed by atoms with Gasteiger partial charge in [0.2, 0.25) is 0 Å². The van der Waals surface area contributed by atoms with Crippen molar-refractivity contribution in [3.05, 3.63) is 294 Å². The van der Waals surface area contributed by atoms with E-state index in [1.807, 2.05) is 103 Å². The van der Waals surface area contributed by atoms with Crippen molar-refractivity contribution in [2.24, 2.45) is 0 Å². The Kier molecular flexibility index (Phi) is 24.2. The second-order valence-electron chi connectivity index (χ2n) is 31.6. The predicted octanol–water partition coefficient (Wildman–Crippen LogP) is 20.8. The van der Waals surface area contributed by atoms with Crippen LogP contribution in [0, 0.1) is 29.2 Å². The first-order chi connectivity index (χ1) is 53.2. The van der Waals surface area contributed by atoms with E-state index in [-0.39, 0.29) is 7.43 Å². The van der Waals surface area contributed by atoms with Crippen LogP contribution in [0.15, 0.2) is 271 Å². The van der Waals surface area contributed by atoms with Gasteiger partial charge in [0, 0.05) is 4.47 Å². The van der Waals surface area contributed by atoms with Crippen LogP contribution < -0.4 is 32.8 Å². The molecule has 2 heterocycles. The first-order valence-corrected chi connectivity index (χ1v) is 38.9. The molecule has 112 heavy (non-hydrogen) atoms. The van der Waals surface area contributed by atoms with E-state index in [9.17, 15) is 15.3 Å². The Balaban J connectivity index is 0.000000135. The number of hydrogen-bond acceptors (Lipinski definition) is 8. The van der Waals surface area contributed by atoms with Crippen molar-refractivity contribution in [3.63, 3.8) is 0 Å². The molecule has 2 N–H and O–H groups in total. The van der Waals surface area contributed by atoms with E-state index in [1.165, 1.54) is 70.6 Å². The lowest BCUT2D eigenvalue weighted by Gasteiger charge is -2.32. The summed E-state index contributed by atoms with van der Waals surface area (Å²) in [6.07, 6.45) is 0. The Hall–Kier alpha value is -10.5. The summed E-state index contributed by atoms with van der Waals surface area (Å²) in [5, 5.41) is 56.0. The fourth-order valence-electron chi connectivity index (χ4n) is 15.9. The molecule has 0 atom stereocenters. The molecule has 0 bridgehead atoms. The Bertz CT molecular complexity index is 5410. The van der Waals surface area contributed by atoms with Gasteiger partial charge >= 0.3 is 21.4 Å². The summed E-state index contributed by atoms with van der Waals surface area (Å²) < 4.78 is 27.1. The van der Waals surface area contributed by atoms with Gasteiger partial charge in [-0.25, -0.2) is 4.85 Å². The minimum atomic E-state index is -1.47. The molecule has 0 radical (unpaired) electrons. The summed E-state index contributed by atoms with van der Waals surface area (Å²) in [6.45, 7) is 38.9. The quantitative estimate of drug-likeness (QED) is 0.0874. The van der Waals surface area contributed by atoms with Crippen molar-refractivity contribution in [3.8, 4) is 34.4 Å². The molecule has 15 aromatic carbocycles. The van der Waals surface area contributed by atoms with Gasteiger partial charge in [0.1, 0.15) is 0 Å². The maximum Gasteiger partial charge on any atom is 0.496 e. The highest BCUT2D eigenvalue weighted by Gasteiger charge is 2.55. The minimum absolute atomic E-state index is 0. The van der Waals surface area contributed by atoms with Crippen molar-refractivity contribution in [2.75, 3.05) is 0 Å². The SMILES string of the molecule is C.CB(C)c1c2ccccc2c(B(C)C)c2ccccc12.CB(C)c1c2ccccc2c(B(O)O)c2ccccc12.CC1(C)OB(c2c3ccccc3c(B3OC(C)(C)C(C)(C)O3)c3ccccc23)OC1(C)C.N#Cc1ccc(Br)cc1.[C-]#[N+]c1ccc(-c2c3ccccc3c(-c3ccc(C#N)cc3)c3ccccc23)cc1. The van der Waals surface area contributed by atoms with Crippen LogP contribution in [-0.2, 0) is 18.6 Å². The van der Waals surface area contributed by atoms with Crippen LogP contribution in [-0.4, -0.2) is 73.9 Å². The fourth-order valence-corrected chi connectivity index (χ4v) is 16.1. The van der Waals surface area contributed by atoms with E-state index in [2.05, 4.69) is 281 Å². The van der Waals surface area contributed by atoms with Crippen LogP contribution in [0.5, 0.6) is 0 Å². The second kappa shape index (κ2) is 33.4. The topological polar surface area (TPSA) is 129 Å². The zero-order chi connectivity index (χ0) is 78.8. The molecule has 2 aliphatic heterocycles. The molecule has 0 amide bonds. The van der Waals surface area contributed by atoms with Crippen LogP contribution >= 0.6 is 15.9 Å². The first kappa shape index (κ1) is 81.0. The Morgan fingerprint density at radius 1 is 0.330 bits per heavy atom. The minimum Gasteiger partial charge on any atom is -0.423 e. The first-order valence-electron chi connectivity index (χ1n) is 38.1. The van der Waals surface area contributed by atoms with Crippen molar-refractivity contribution in [1.29, 1.82) is 10.5 Å². The normalized spacial score (nSPS) is 14.1. The molecule has 2 fully saturated rings. The molecule has 0 unspecified atom stereocenters. The lowest BCUT2D eigenvalue weighted by atomic mass is 9.44. The molecule has 2 aliphatic rings. The third kappa shape index (κ3) is 15.8. The highest BCUT2D eigenvalue weighted by Crippen LogP contribution is 2.45. The molecule has 0 aromatic heterocycles. The molecule has 9 nitrogen and oxygen atoms in total. The van der Waals surface area contributed by atoms with Crippen molar-refractivity contribution in [2.45, 2.75) is 126 Å². The van der Waals surface area contributed by atoms with Crippen LogP contribution in [0.3, 0.4) is 0 Å². The maximum absolute atomic E-state index is 9.80. The number of hydrogen-bond donors (Lipinski definition) is 2. The van der Waals surface area contributed by atoms with Gasteiger partial charge in [0.05, 0.1) is 52.2 Å². The molecule has 17 rings (SSSR count). The average molecular weight is 1530 g/mol. The van der Waals surface area contributed by atoms with E-state index in [0.717, 1.165) is 69.6 Å². The predicted molar refractivity (Wildman–Crippen MR) is 486 cm³/mol. The summed E-state index contributed by atoms with van der Waals surface area (Å²) in [5.74, 6) is 0. The summed E-state index contributed by atoms with van der Waals surface area (Å²) >= 11 is 3.27. The smallest absolute Gasteiger partial charge is 0.423 e. The lowest BCUT2D eigenvalue weighted by Crippen LogP contribution is -2.41. The summed E-state index contributed by atoms with van der Waals surface area (Å²) in [4.78, 5) is 3.52. The molecular formula is C96H92B6BrN3O6. The summed E-state index contributed by atoms with van der Waals surface area (Å²) in [6, 6.07) is 94.5. The van der Waals surface area contributed by atoms with Gasteiger partial charge in [-0.15, -0.1) is 0 Å². The largest absolute Gasteiger partial charge is 0.496 e. The standard InChI is InChI=1S/C28H16N2.C26H32B2O4.C18H20B2.C16H16B2O2.C7H4BrN.CH4/c1-30-22-16-14-21(15-17-22)28-25-8-4-2-6-23(25)27(24-7-3-5-9-26(24)28)20-12-10-19(18-29)11-13-20;1-23(2)24(3,4)30-27(29-23)21-17-13-9-11-15-19(17)22(20-16-12-10-14-18(20)21)28-31-25(5,6)26(7,8)32-28;1-19(2)17-13-9-5-7-11-15(13)18(20(3)4)16-12-8-6-10-14(16)17;1-17(2)15-11-7-3-5-9-13(11)16(18(19)20)14-10-6-4-8-12(14)15;8-7-3-1-6(5-9)2-4-7;/h2-17H;9-16H,1-8H3;5-12H,1-4H3;3-10,19-20H,1-2H3;1-4H;1H4. The van der Waals surface area contributed by atoms with Gasteiger partial charge in [-0.3, -0.25) is 0 Å². The zero-order valence-corrected chi connectivity index (χ0v) is 67.2. The zero-order valence-electron chi connectivity index (χ0n) is 65.6. The van der Waals surface area contributed by atoms with Crippen LogP contribution in [0.4, 0.5) is 5.69 Å². The molecule has 15 aromatic rings. The Morgan fingerprint density at radius 3 is 0.768 bits per heavy atom. The van der Waals surface area contributed by atoms with Gasteiger partial charge in [0.25, 0.3) is 0 Å². The fraction of sp³-hybridized carbons (Fsp3) is 0.198. The van der Waals surface area contributed by atoms with Crippen molar-refractivity contribution < 1.29 is 28.7 Å². The third-order valence-corrected chi connectivity index (χ3v) is 23.0. The molecular weight excluding hydrogens is 1440 g/mol. The van der Waals surface area contributed by atoms with E-state index in [0.29, 0.717) is 42.4 Å². The maximum atomic E-state index is 9.80. The lowest BCUT2D eigenvalue weighted by molar-refractivity contribution is 0.00578. The molecule has 2 saturated heterocycles.